The first-order chi connectivity index (χ1) is 12.5. The topological polar surface area (TPSA) is 99.3 Å². The zero-order chi connectivity index (χ0) is 20.9. The summed E-state index contributed by atoms with van der Waals surface area (Å²) in [6.07, 6.45) is 1.27. The van der Waals surface area contributed by atoms with Gasteiger partial charge < -0.3 is 19.9 Å². The fourth-order valence-electron chi connectivity index (χ4n) is 2.94. The van der Waals surface area contributed by atoms with Crippen LogP contribution in [-0.2, 0) is 23.9 Å². The maximum atomic E-state index is 12.8. The van der Waals surface area contributed by atoms with E-state index in [1.165, 1.54) is 24.0 Å². The van der Waals surface area contributed by atoms with E-state index in [1.807, 2.05) is 0 Å². The predicted octanol–water partition coefficient (Wildman–Crippen LogP) is -0.548. The molecule has 4 atom stereocenters. The summed E-state index contributed by atoms with van der Waals surface area (Å²) < 4.78 is 4.76. The molecule has 1 aliphatic heterocycles. The second-order valence-corrected chi connectivity index (χ2v) is 7.21. The molecular formula is C18H32N4O5. The highest BCUT2D eigenvalue weighted by Crippen LogP contribution is 2.20. The maximum absolute atomic E-state index is 12.8. The molecule has 1 saturated heterocycles. The van der Waals surface area contributed by atoms with Crippen molar-refractivity contribution in [1.82, 2.24) is 20.0 Å². The Kier molecular flexibility index (Phi) is 8.20. The molecule has 1 aliphatic rings. The standard InChI is InChI=1S/C18H32N4O5/c1-11(19-15(23)12(2)20(4)5)16(24)21(6)13(3)17(25)22-10-8-9-14(22)18(26)27-7/h11-14H,8-10H2,1-7H3,(H,19,23)/t11-,12-,13-,14-/m0/s1. The molecule has 0 unspecified atom stereocenters. The van der Waals surface area contributed by atoms with E-state index in [4.69, 9.17) is 4.74 Å². The van der Waals surface area contributed by atoms with Crippen LogP contribution in [0.15, 0.2) is 0 Å². The third-order valence-corrected chi connectivity index (χ3v) is 5.18. The fourth-order valence-corrected chi connectivity index (χ4v) is 2.94. The Hall–Kier alpha value is -2.16. The summed E-state index contributed by atoms with van der Waals surface area (Å²) in [5, 5.41) is 2.67. The Morgan fingerprint density at radius 3 is 2.19 bits per heavy atom. The zero-order valence-corrected chi connectivity index (χ0v) is 17.3. The smallest absolute Gasteiger partial charge is 0.328 e. The van der Waals surface area contributed by atoms with E-state index in [0.29, 0.717) is 19.4 Å². The van der Waals surface area contributed by atoms with Crippen LogP contribution in [-0.4, -0.2) is 97.4 Å². The van der Waals surface area contributed by atoms with Crippen molar-refractivity contribution in [3.63, 3.8) is 0 Å². The summed E-state index contributed by atoms with van der Waals surface area (Å²) in [6, 6.07) is -2.51. The van der Waals surface area contributed by atoms with E-state index in [1.54, 1.807) is 39.8 Å². The van der Waals surface area contributed by atoms with Crippen LogP contribution in [0.25, 0.3) is 0 Å². The molecule has 1 rings (SSSR count). The highest BCUT2D eigenvalue weighted by Gasteiger charge is 2.38. The number of hydrogen-bond acceptors (Lipinski definition) is 6. The van der Waals surface area contributed by atoms with Gasteiger partial charge in [-0.05, 0) is 47.7 Å². The minimum atomic E-state index is -0.768. The lowest BCUT2D eigenvalue weighted by molar-refractivity contribution is -0.154. The van der Waals surface area contributed by atoms with Crippen LogP contribution in [0.2, 0.25) is 0 Å². The molecule has 9 nitrogen and oxygen atoms in total. The van der Waals surface area contributed by atoms with Gasteiger partial charge in [-0.25, -0.2) is 4.79 Å². The molecule has 1 fully saturated rings. The van der Waals surface area contributed by atoms with Gasteiger partial charge in [0.25, 0.3) is 0 Å². The second kappa shape index (κ2) is 9.68. The number of likely N-dealkylation sites (tertiary alicyclic amines) is 1. The van der Waals surface area contributed by atoms with Crippen LogP contribution in [0, 0.1) is 0 Å². The minimum absolute atomic E-state index is 0.265. The van der Waals surface area contributed by atoms with Gasteiger partial charge in [0.05, 0.1) is 13.2 Å². The van der Waals surface area contributed by atoms with E-state index in [2.05, 4.69) is 5.32 Å². The van der Waals surface area contributed by atoms with Crippen molar-refractivity contribution in [2.75, 3.05) is 34.8 Å². The summed E-state index contributed by atoms with van der Waals surface area (Å²) >= 11 is 0. The molecule has 9 heteroatoms. The molecule has 27 heavy (non-hydrogen) atoms. The van der Waals surface area contributed by atoms with Gasteiger partial charge >= 0.3 is 5.97 Å². The first-order valence-corrected chi connectivity index (χ1v) is 9.14. The van der Waals surface area contributed by atoms with E-state index < -0.39 is 24.1 Å². The van der Waals surface area contributed by atoms with E-state index in [9.17, 15) is 19.2 Å². The fraction of sp³-hybridized carbons (Fsp3) is 0.778. The van der Waals surface area contributed by atoms with E-state index >= 15 is 0 Å². The van der Waals surface area contributed by atoms with Crippen molar-refractivity contribution in [1.29, 1.82) is 0 Å². The third kappa shape index (κ3) is 5.41. The number of nitrogens with one attached hydrogen (secondary N) is 1. The van der Waals surface area contributed by atoms with E-state index in [0.717, 1.165) is 0 Å². The van der Waals surface area contributed by atoms with Crippen LogP contribution in [0.3, 0.4) is 0 Å². The number of ether oxygens (including phenoxy) is 1. The van der Waals surface area contributed by atoms with Gasteiger partial charge in [0.15, 0.2) is 0 Å². The van der Waals surface area contributed by atoms with Crippen molar-refractivity contribution in [2.45, 2.75) is 57.8 Å². The normalized spacial score (nSPS) is 20.0. The van der Waals surface area contributed by atoms with Gasteiger partial charge in [-0.1, -0.05) is 0 Å². The lowest BCUT2D eigenvalue weighted by atomic mass is 10.1. The molecule has 154 valence electrons. The summed E-state index contributed by atoms with van der Waals surface area (Å²) in [7, 11) is 6.36. The predicted molar refractivity (Wildman–Crippen MR) is 99.7 cm³/mol. The van der Waals surface area contributed by atoms with E-state index in [-0.39, 0.29) is 23.8 Å². The lowest BCUT2D eigenvalue weighted by Gasteiger charge is -2.32. The summed E-state index contributed by atoms with van der Waals surface area (Å²) in [5.41, 5.74) is 0. The van der Waals surface area contributed by atoms with Crippen LogP contribution in [0.1, 0.15) is 33.6 Å². The quantitative estimate of drug-likeness (QED) is 0.592. The molecule has 0 radical (unpaired) electrons. The summed E-state index contributed by atoms with van der Waals surface area (Å²) in [6.45, 7) is 5.40. The Labute approximate surface area is 161 Å². The Balaban J connectivity index is 2.74. The molecule has 0 aromatic carbocycles. The first-order valence-electron chi connectivity index (χ1n) is 9.14. The number of nitrogens with zero attached hydrogens (tertiary/aromatic N) is 3. The van der Waals surface area contributed by atoms with Crippen molar-refractivity contribution in [3.8, 4) is 0 Å². The largest absolute Gasteiger partial charge is 0.467 e. The highest BCUT2D eigenvalue weighted by atomic mass is 16.5. The first kappa shape index (κ1) is 22.9. The molecule has 0 aromatic heterocycles. The molecule has 0 saturated carbocycles. The van der Waals surface area contributed by atoms with Crippen molar-refractivity contribution in [3.05, 3.63) is 0 Å². The molecule has 0 aromatic rings. The SMILES string of the molecule is COC(=O)[C@@H]1CCCN1C(=O)[C@H](C)N(C)C(=O)[C@H](C)NC(=O)[C@H](C)N(C)C. The van der Waals surface area contributed by atoms with Gasteiger partial charge in [-0.2, -0.15) is 0 Å². The van der Waals surface area contributed by atoms with Gasteiger partial charge in [0.1, 0.15) is 18.1 Å². The molecule has 1 heterocycles. The van der Waals surface area contributed by atoms with Gasteiger partial charge in [-0.3, -0.25) is 19.3 Å². The van der Waals surface area contributed by atoms with Crippen molar-refractivity contribution >= 4 is 23.7 Å². The number of methoxy groups -OCH3 is 1. The number of rotatable bonds is 7. The summed E-state index contributed by atoms with van der Waals surface area (Å²) in [4.78, 5) is 53.9. The monoisotopic (exact) mass is 384 g/mol. The van der Waals surface area contributed by atoms with Crippen LogP contribution >= 0.6 is 0 Å². The second-order valence-electron chi connectivity index (χ2n) is 7.21. The van der Waals surface area contributed by atoms with Gasteiger partial charge in [-0.15, -0.1) is 0 Å². The Bertz CT molecular complexity index is 580. The molecule has 0 aliphatic carbocycles. The number of carbonyl (C=O) groups excluding carboxylic acids is 4. The number of amides is 3. The number of carbonyl (C=O) groups is 4. The zero-order valence-electron chi connectivity index (χ0n) is 17.3. The number of hydrogen-bond donors (Lipinski definition) is 1. The molecule has 1 N–H and O–H groups in total. The third-order valence-electron chi connectivity index (χ3n) is 5.18. The average molecular weight is 384 g/mol. The maximum Gasteiger partial charge on any atom is 0.328 e. The lowest BCUT2D eigenvalue weighted by Crippen LogP contribution is -2.56. The van der Waals surface area contributed by atoms with Gasteiger partial charge in [0.2, 0.25) is 17.7 Å². The van der Waals surface area contributed by atoms with Crippen molar-refractivity contribution in [2.24, 2.45) is 0 Å². The van der Waals surface area contributed by atoms with Crippen LogP contribution in [0.5, 0.6) is 0 Å². The number of likely N-dealkylation sites (N-methyl/N-ethyl adjacent to an activating group) is 2. The summed E-state index contributed by atoms with van der Waals surface area (Å²) in [5.74, 6) is -1.39. The molecule has 0 bridgehead atoms. The molecular weight excluding hydrogens is 352 g/mol. The minimum Gasteiger partial charge on any atom is -0.467 e. The Morgan fingerprint density at radius 1 is 1.07 bits per heavy atom. The molecule has 3 amide bonds. The highest BCUT2D eigenvalue weighted by molar-refractivity contribution is 5.93. The van der Waals surface area contributed by atoms with Gasteiger partial charge in [0, 0.05) is 13.6 Å². The Morgan fingerprint density at radius 2 is 1.67 bits per heavy atom. The average Bonchev–Trinajstić information content (AvgIpc) is 3.13. The molecule has 0 spiro atoms. The van der Waals surface area contributed by atoms with Crippen molar-refractivity contribution < 1.29 is 23.9 Å². The van der Waals surface area contributed by atoms with Crippen LogP contribution < -0.4 is 5.32 Å². The number of esters is 1. The van der Waals surface area contributed by atoms with Crippen LogP contribution in [0.4, 0.5) is 0 Å².